The normalized spacial score (nSPS) is 25.4. The number of ether oxygens (including phenoxy) is 1. The molecule has 1 fully saturated rings. The van der Waals surface area contributed by atoms with E-state index in [-0.39, 0.29) is 6.04 Å². The van der Waals surface area contributed by atoms with Gasteiger partial charge in [0.15, 0.2) is 0 Å². The third-order valence-electron chi connectivity index (χ3n) is 3.15. The molecule has 1 aromatic carbocycles. The van der Waals surface area contributed by atoms with Gasteiger partial charge < -0.3 is 15.8 Å². The van der Waals surface area contributed by atoms with Crippen LogP contribution in [0.5, 0.6) is 5.75 Å². The van der Waals surface area contributed by atoms with Crippen molar-refractivity contribution in [2.45, 2.75) is 25.3 Å². The fourth-order valence-corrected chi connectivity index (χ4v) is 2.27. The van der Waals surface area contributed by atoms with E-state index in [0.717, 1.165) is 25.3 Å². The van der Waals surface area contributed by atoms with Crippen molar-refractivity contribution in [1.82, 2.24) is 5.32 Å². The molecule has 2 atom stereocenters. The van der Waals surface area contributed by atoms with Crippen LogP contribution in [0, 0.1) is 0 Å². The van der Waals surface area contributed by atoms with E-state index in [1.807, 2.05) is 19.1 Å². The molecule has 0 amide bonds. The summed E-state index contributed by atoms with van der Waals surface area (Å²) in [5.41, 5.74) is 7.44. The van der Waals surface area contributed by atoms with Crippen LogP contribution in [-0.4, -0.2) is 25.7 Å². The molecular weight excluding hydrogens is 200 g/mol. The maximum absolute atomic E-state index is 6.11. The molecule has 1 heterocycles. The Kier molecular flexibility index (Phi) is 3.80. The molecule has 0 saturated carbocycles. The van der Waals surface area contributed by atoms with Crippen LogP contribution in [0.15, 0.2) is 24.3 Å². The quantitative estimate of drug-likeness (QED) is 0.811. The number of hydrogen-bond acceptors (Lipinski definition) is 3. The van der Waals surface area contributed by atoms with Crippen molar-refractivity contribution in [3.05, 3.63) is 29.8 Å². The van der Waals surface area contributed by atoms with Crippen LogP contribution in [0.2, 0.25) is 0 Å². The highest BCUT2D eigenvalue weighted by Crippen LogP contribution is 2.26. The molecule has 2 unspecified atom stereocenters. The summed E-state index contributed by atoms with van der Waals surface area (Å²) >= 11 is 0. The summed E-state index contributed by atoms with van der Waals surface area (Å²) in [6, 6.07) is 8.58. The first kappa shape index (κ1) is 11.4. The predicted molar refractivity (Wildman–Crippen MR) is 65.8 cm³/mol. The third-order valence-corrected chi connectivity index (χ3v) is 3.15. The lowest BCUT2D eigenvalue weighted by Gasteiger charge is -2.29. The summed E-state index contributed by atoms with van der Waals surface area (Å²) < 4.78 is 5.43. The second-order valence-electron chi connectivity index (χ2n) is 4.27. The molecule has 0 radical (unpaired) electrons. The average Bonchev–Trinajstić information content (AvgIpc) is 2.31. The number of piperidine rings is 1. The number of nitrogens with two attached hydrogens (primary N) is 1. The topological polar surface area (TPSA) is 47.3 Å². The minimum absolute atomic E-state index is 0.228. The number of nitrogens with one attached hydrogen (secondary N) is 1. The lowest BCUT2D eigenvalue weighted by molar-refractivity contribution is 0.339. The summed E-state index contributed by atoms with van der Waals surface area (Å²) in [5, 5.41) is 3.32. The van der Waals surface area contributed by atoms with Gasteiger partial charge in [0.1, 0.15) is 5.75 Å². The van der Waals surface area contributed by atoms with E-state index >= 15 is 0 Å². The molecule has 1 aliphatic rings. The van der Waals surface area contributed by atoms with Crippen LogP contribution in [0.3, 0.4) is 0 Å². The van der Waals surface area contributed by atoms with Gasteiger partial charge in [-0.15, -0.1) is 0 Å². The Hall–Kier alpha value is -1.06. The Labute approximate surface area is 97.0 Å². The number of hydrogen-bond donors (Lipinski definition) is 2. The van der Waals surface area contributed by atoms with Gasteiger partial charge in [0.05, 0.1) is 6.61 Å². The zero-order valence-electron chi connectivity index (χ0n) is 9.78. The standard InChI is InChI=1S/C13H20N2O/c1-2-16-11-5-3-10(4-6-11)12-7-8-15-9-13(12)14/h3-6,12-13,15H,2,7-9,14H2,1H3. The van der Waals surface area contributed by atoms with Gasteiger partial charge in [0.25, 0.3) is 0 Å². The number of rotatable bonds is 3. The molecule has 16 heavy (non-hydrogen) atoms. The van der Waals surface area contributed by atoms with Crippen molar-refractivity contribution in [2.75, 3.05) is 19.7 Å². The van der Waals surface area contributed by atoms with Gasteiger partial charge in [-0.25, -0.2) is 0 Å². The summed E-state index contributed by atoms with van der Waals surface area (Å²) in [4.78, 5) is 0. The van der Waals surface area contributed by atoms with E-state index in [4.69, 9.17) is 10.5 Å². The van der Waals surface area contributed by atoms with Crippen LogP contribution in [0.25, 0.3) is 0 Å². The van der Waals surface area contributed by atoms with E-state index in [1.54, 1.807) is 0 Å². The van der Waals surface area contributed by atoms with E-state index in [1.165, 1.54) is 5.56 Å². The van der Waals surface area contributed by atoms with E-state index in [2.05, 4.69) is 17.4 Å². The summed E-state index contributed by atoms with van der Waals surface area (Å²) in [6.45, 7) is 4.69. The van der Waals surface area contributed by atoms with Gasteiger partial charge in [0.2, 0.25) is 0 Å². The first-order valence-corrected chi connectivity index (χ1v) is 6.00. The molecule has 1 aliphatic heterocycles. The second-order valence-corrected chi connectivity index (χ2v) is 4.27. The highest BCUT2D eigenvalue weighted by Gasteiger charge is 2.22. The van der Waals surface area contributed by atoms with Crippen molar-refractivity contribution in [3.63, 3.8) is 0 Å². The van der Waals surface area contributed by atoms with Gasteiger partial charge in [-0.2, -0.15) is 0 Å². The average molecular weight is 220 g/mol. The van der Waals surface area contributed by atoms with E-state index < -0.39 is 0 Å². The van der Waals surface area contributed by atoms with Crippen molar-refractivity contribution in [1.29, 1.82) is 0 Å². The van der Waals surface area contributed by atoms with Crippen LogP contribution in [0.1, 0.15) is 24.8 Å². The van der Waals surface area contributed by atoms with Gasteiger partial charge in [-0.05, 0) is 37.6 Å². The van der Waals surface area contributed by atoms with E-state index in [0.29, 0.717) is 12.5 Å². The Morgan fingerprint density at radius 2 is 2.12 bits per heavy atom. The molecular formula is C13H20N2O. The molecule has 2 rings (SSSR count). The Morgan fingerprint density at radius 1 is 1.38 bits per heavy atom. The molecule has 0 aromatic heterocycles. The molecule has 3 nitrogen and oxygen atoms in total. The molecule has 1 aromatic rings. The fourth-order valence-electron chi connectivity index (χ4n) is 2.27. The zero-order chi connectivity index (χ0) is 11.4. The minimum Gasteiger partial charge on any atom is -0.494 e. The summed E-state index contributed by atoms with van der Waals surface area (Å²) in [5.74, 6) is 1.42. The van der Waals surface area contributed by atoms with Gasteiger partial charge in [-0.1, -0.05) is 12.1 Å². The molecule has 3 N–H and O–H groups in total. The van der Waals surface area contributed by atoms with Crippen molar-refractivity contribution in [3.8, 4) is 5.75 Å². The molecule has 0 aliphatic carbocycles. The van der Waals surface area contributed by atoms with Crippen molar-refractivity contribution in [2.24, 2.45) is 5.73 Å². The summed E-state index contributed by atoms with van der Waals surface area (Å²) in [7, 11) is 0. The third kappa shape index (κ3) is 2.54. The molecule has 0 bridgehead atoms. The Morgan fingerprint density at radius 3 is 2.75 bits per heavy atom. The monoisotopic (exact) mass is 220 g/mol. The lowest BCUT2D eigenvalue weighted by Crippen LogP contribution is -2.44. The van der Waals surface area contributed by atoms with Gasteiger partial charge in [0, 0.05) is 18.5 Å². The number of benzene rings is 1. The molecule has 1 saturated heterocycles. The van der Waals surface area contributed by atoms with Crippen LogP contribution < -0.4 is 15.8 Å². The van der Waals surface area contributed by atoms with E-state index in [9.17, 15) is 0 Å². The SMILES string of the molecule is CCOc1ccc(C2CCNCC2N)cc1. The lowest BCUT2D eigenvalue weighted by atomic mass is 9.87. The highest BCUT2D eigenvalue weighted by atomic mass is 16.5. The van der Waals surface area contributed by atoms with Gasteiger partial charge >= 0.3 is 0 Å². The summed E-state index contributed by atoms with van der Waals surface area (Å²) in [6.07, 6.45) is 1.12. The fraction of sp³-hybridized carbons (Fsp3) is 0.538. The highest BCUT2D eigenvalue weighted by molar-refractivity contribution is 5.30. The van der Waals surface area contributed by atoms with Crippen LogP contribution in [0.4, 0.5) is 0 Å². The van der Waals surface area contributed by atoms with Gasteiger partial charge in [-0.3, -0.25) is 0 Å². The smallest absolute Gasteiger partial charge is 0.119 e. The maximum atomic E-state index is 6.11. The molecule has 0 spiro atoms. The second kappa shape index (κ2) is 5.32. The Bertz CT molecular complexity index is 323. The zero-order valence-corrected chi connectivity index (χ0v) is 9.78. The minimum atomic E-state index is 0.228. The van der Waals surface area contributed by atoms with Crippen molar-refractivity contribution < 1.29 is 4.74 Å². The van der Waals surface area contributed by atoms with Crippen LogP contribution in [-0.2, 0) is 0 Å². The molecule has 3 heteroatoms. The largest absolute Gasteiger partial charge is 0.494 e. The van der Waals surface area contributed by atoms with Crippen molar-refractivity contribution >= 4 is 0 Å². The Balaban J connectivity index is 2.08. The first-order chi connectivity index (χ1) is 7.81. The van der Waals surface area contributed by atoms with Crippen LogP contribution >= 0.6 is 0 Å². The molecule has 88 valence electrons. The predicted octanol–water partition coefficient (Wildman–Crippen LogP) is 1.49. The first-order valence-electron chi connectivity index (χ1n) is 6.00. The maximum Gasteiger partial charge on any atom is 0.119 e.